The SMILES string of the molecule is FC(F)(F)C1CCCCCN1. The van der Waals surface area contributed by atoms with E-state index in [1.165, 1.54) is 0 Å². The van der Waals surface area contributed by atoms with Gasteiger partial charge in [-0.2, -0.15) is 13.2 Å². The molecule has 1 saturated heterocycles. The first-order chi connectivity index (χ1) is 5.11. The van der Waals surface area contributed by atoms with Gasteiger partial charge < -0.3 is 5.32 Å². The van der Waals surface area contributed by atoms with Crippen molar-refractivity contribution < 1.29 is 13.2 Å². The standard InChI is InChI=1S/C7H12F3N/c8-7(9,10)6-4-2-1-3-5-11-6/h6,11H,1-5H2. The molecule has 1 heterocycles. The maximum absolute atomic E-state index is 12.1. The van der Waals surface area contributed by atoms with Crippen LogP contribution in [0.25, 0.3) is 0 Å². The molecule has 1 rings (SSSR count). The second kappa shape index (κ2) is 3.43. The van der Waals surface area contributed by atoms with Crippen LogP contribution in [-0.4, -0.2) is 18.8 Å². The molecule has 1 atom stereocenters. The van der Waals surface area contributed by atoms with Gasteiger partial charge in [-0.05, 0) is 19.4 Å². The summed E-state index contributed by atoms with van der Waals surface area (Å²) in [6, 6.07) is -1.26. The molecule has 66 valence electrons. The summed E-state index contributed by atoms with van der Waals surface area (Å²) in [5, 5.41) is 2.50. The van der Waals surface area contributed by atoms with Gasteiger partial charge in [-0.15, -0.1) is 0 Å². The van der Waals surface area contributed by atoms with Crippen LogP contribution in [-0.2, 0) is 0 Å². The highest BCUT2D eigenvalue weighted by molar-refractivity contribution is 4.77. The van der Waals surface area contributed by atoms with Crippen molar-refractivity contribution in [3.8, 4) is 0 Å². The molecule has 1 fully saturated rings. The van der Waals surface area contributed by atoms with Crippen molar-refractivity contribution in [2.75, 3.05) is 6.54 Å². The lowest BCUT2D eigenvalue weighted by Gasteiger charge is -2.18. The highest BCUT2D eigenvalue weighted by Gasteiger charge is 2.38. The topological polar surface area (TPSA) is 12.0 Å². The van der Waals surface area contributed by atoms with E-state index in [9.17, 15) is 13.2 Å². The molecular weight excluding hydrogens is 155 g/mol. The maximum atomic E-state index is 12.1. The predicted octanol–water partition coefficient (Wildman–Crippen LogP) is 2.08. The van der Waals surface area contributed by atoms with Gasteiger partial charge in [0.1, 0.15) is 6.04 Å². The molecular formula is C7H12F3N. The lowest BCUT2D eigenvalue weighted by molar-refractivity contribution is -0.156. The fourth-order valence-corrected chi connectivity index (χ4v) is 1.31. The van der Waals surface area contributed by atoms with Crippen molar-refractivity contribution in [1.82, 2.24) is 5.32 Å². The first kappa shape index (κ1) is 8.84. The number of halogens is 3. The Bertz CT molecular complexity index is 113. The zero-order valence-electron chi connectivity index (χ0n) is 6.25. The minimum Gasteiger partial charge on any atom is -0.306 e. The second-order valence-electron chi connectivity index (χ2n) is 2.90. The summed E-state index contributed by atoms with van der Waals surface area (Å²) < 4.78 is 36.2. The third kappa shape index (κ3) is 2.69. The van der Waals surface area contributed by atoms with Gasteiger partial charge in [0, 0.05) is 0 Å². The summed E-state index contributed by atoms with van der Waals surface area (Å²) in [5.74, 6) is 0. The van der Waals surface area contributed by atoms with Crippen LogP contribution < -0.4 is 5.32 Å². The summed E-state index contributed by atoms with van der Waals surface area (Å²) >= 11 is 0. The zero-order chi connectivity index (χ0) is 8.32. The molecule has 1 unspecified atom stereocenters. The molecule has 0 radical (unpaired) electrons. The van der Waals surface area contributed by atoms with Crippen molar-refractivity contribution in [1.29, 1.82) is 0 Å². The molecule has 1 aliphatic rings. The van der Waals surface area contributed by atoms with Gasteiger partial charge in [-0.25, -0.2) is 0 Å². The Balaban J connectivity index is 2.43. The maximum Gasteiger partial charge on any atom is 0.403 e. The fourth-order valence-electron chi connectivity index (χ4n) is 1.31. The molecule has 4 heteroatoms. The van der Waals surface area contributed by atoms with E-state index < -0.39 is 12.2 Å². The fraction of sp³-hybridized carbons (Fsp3) is 1.00. The first-order valence-corrected chi connectivity index (χ1v) is 3.91. The third-order valence-electron chi connectivity index (χ3n) is 1.96. The summed E-state index contributed by atoms with van der Waals surface area (Å²) in [6.07, 6.45) is -1.34. The molecule has 0 bridgehead atoms. The molecule has 11 heavy (non-hydrogen) atoms. The molecule has 0 aromatic rings. The average Bonchev–Trinajstić information content (AvgIpc) is 2.10. The van der Waals surface area contributed by atoms with Crippen LogP contribution in [0.1, 0.15) is 25.7 Å². The Morgan fingerprint density at radius 1 is 1.09 bits per heavy atom. The van der Waals surface area contributed by atoms with Crippen LogP contribution >= 0.6 is 0 Å². The number of alkyl halides is 3. The van der Waals surface area contributed by atoms with Gasteiger partial charge in [0.2, 0.25) is 0 Å². The number of nitrogens with one attached hydrogen (secondary N) is 1. The molecule has 1 aliphatic heterocycles. The molecule has 1 nitrogen and oxygen atoms in total. The van der Waals surface area contributed by atoms with Crippen LogP contribution in [0.5, 0.6) is 0 Å². The zero-order valence-corrected chi connectivity index (χ0v) is 6.25. The van der Waals surface area contributed by atoms with Gasteiger partial charge in [-0.1, -0.05) is 12.8 Å². The molecule has 0 amide bonds. The smallest absolute Gasteiger partial charge is 0.306 e. The third-order valence-corrected chi connectivity index (χ3v) is 1.96. The highest BCUT2D eigenvalue weighted by atomic mass is 19.4. The van der Waals surface area contributed by atoms with Crippen molar-refractivity contribution in [3.05, 3.63) is 0 Å². The number of hydrogen-bond acceptors (Lipinski definition) is 1. The van der Waals surface area contributed by atoms with Gasteiger partial charge in [0.15, 0.2) is 0 Å². The lowest BCUT2D eigenvalue weighted by Crippen LogP contribution is -2.41. The van der Waals surface area contributed by atoms with E-state index in [1.54, 1.807) is 0 Å². The summed E-state index contributed by atoms with van der Waals surface area (Å²) in [6.45, 7) is 0.504. The minimum absolute atomic E-state index is 0.240. The van der Waals surface area contributed by atoms with Crippen LogP contribution in [0.15, 0.2) is 0 Å². The van der Waals surface area contributed by atoms with Crippen molar-refractivity contribution in [3.63, 3.8) is 0 Å². The van der Waals surface area contributed by atoms with Crippen LogP contribution in [0.2, 0.25) is 0 Å². The minimum atomic E-state index is -4.05. The highest BCUT2D eigenvalue weighted by Crippen LogP contribution is 2.25. The first-order valence-electron chi connectivity index (χ1n) is 3.91. The van der Waals surface area contributed by atoms with E-state index in [0.717, 1.165) is 12.8 Å². The summed E-state index contributed by atoms with van der Waals surface area (Å²) in [4.78, 5) is 0. The molecule has 0 saturated carbocycles. The van der Waals surface area contributed by atoms with E-state index in [-0.39, 0.29) is 6.42 Å². The van der Waals surface area contributed by atoms with Crippen molar-refractivity contribution in [2.24, 2.45) is 0 Å². The van der Waals surface area contributed by atoms with E-state index in [0.29, 0.717) is 13.0 Å². The largest absolute Gasteiger partial charge is 0.403 e. The Kier molecular flexibility index (Phi) is 2.76. The van der Waals surface area contributed by atoms with Gasteiger partial charge >= 0.3 is 6.18 Å². The molecule has 0 aliphatic carbocycles. The van der Waals surface area contributed by atoms with Crippen LogP contribution in [0, 0.1) is 0 Å². The Morgan fingerprint density at radius 3 is 2.45 bits per heavy atom. The molecule has 0 aromatic carbocycles. The van der Waals surface area contributed by atoms with E-state index in [4.69, 9.17) is 0 Å². The van der Waals surface area contributed by atoms with Crippen molar-refractivity contribution >= 4 is 0 Å². The van der Waals surface area contributed by atoms with Crippen LogP contribution in [0.4, 0.5) is 13.2 Å². The van der Waals surface area contributed by atoms with Crippen molar-refractivity contribution in [2.45, 2.75) is 37.9 Å². The van der Waals surface area contributed by atoms with Gasteiger partial charge in [-0.3, -0.25) is 0 Å². The average molecular weight is 167 g/mol. The van der Waals surface area contributed by atoms with E-state index in [2.05, 4.69) is 5.32 Å². The van der Waals surface area contributed by atoms with E-state index in [1.807, 2.05) is 0 Å². The monoisotopic (exact) mass is 167 g/mol. The normalized spacial score (nSPS) is 28.1. The van der Waals surface area contributed by atoms with Gasteiger partial charge in [0.05, 0.1) is 0 Å². The Labute approximate surface area is 64.0 Å². The van der Waals surface area contributed by atoms with Crippen LogP contribution in [0.3, 0.4) is 0 Å². The Hall–Kier alpha value is -0.250. The predicted molar refractivity (Wildman–Crippen MR) is 36.3 cm³/mol. The molecule has 0 aromatic heterocycles. The van der Waals surface area contributed by atoms with E-state index >= 15 is 0 Å². The Morgan fingerprint density at radius 2 is 1.82 bits per heavy atom. The quantitative estimate of drug-likeness (QED) is 0.582. The second-order valence-corrected chi connectivity index (χ2v) is 2.90. The summed E-state index contributed by atoms with van der Waals surface area (Å²) in [5.41, 5.74) is 0. The lowest BCUT2D eigenvalue weighted by atomic mass is 10.1. The van der Waals surface area contributed by atoms with Gasteiger partial charge in [0.25, 0.3) is 0 Å². The number of rotatable bonds is 0. The summed E-state index contributed by atoms with van der Waals surface area (Å²) in [7, 11) is 0. The number of hydrogen-bond donors (Lipinski definition) is 1. The molecule has 0 spiro atoms. The molecule has 1 N–H and O–H groups in total.